The molecule has 0 saturated carbocycles. The monoisotopic (exact) mass is 269 g/mol. The molecule has 0 bridgehead atoms. The summed E-state index contributed by atoms with van der Waals surface area (Å²) in [5.74, 6) is 0.664. The second kappa shape index (κ2) is 5.86. The minimum absolute atomic E-state index is 0.125. The van der Waals surface area contributed by atoms with Gasteiger partial charge in [0, 0.05) is 18.4 Å². The van der Waals surface area contributed by atoms with Gasteiger partial charge in [-0.05, 0) is 25.0 Å². The van der Waals surface area contributed by atoms with E-state index < -0.39 is 12.6 Å². The molecule has 0 aliphatic heterocycles. The maximum absolute atomic E-state index is 12.0. The molecule has 2 aromatic rings. The Bertz CT molecular complexity index is 535. The minimum atomic E-state index is -4.07. The molecule has 1 aromatic heterocycles. The number of hydrogen-bond donors (Lipinski definition) is 1. The van der Waals surface area contributed by atoms with Crippen LogP contribution in [0.1, 0.15) is 19.3 Å². The van der Waals surface area contributed by atoms with Crippen LogP contribution in [0.15, 0.2) is 30.6 Å². The van der Waals surface area contributed by atoms with Crippen LogP contribution >= 0.6 is 0 Å². The van der Waals surface area contributed by atoms with Gasteiger partial charge in [0.1, 0.15) is 12.1 Å². The Labute approximate surface area is 108 Å². The Morgan fingerprint density at radius 3 is 2.63 bits per heavy atom. The first-order valence-electron chi connectivity index (χ1n) is 6.07. The number of nitrogens with one attached hydrogen (secondary N) is 1. The molecule has 102 valence electrons. The lowest BCUT2D eigenvalue weighted by Gasteiger charge is -2.09. The lowest BCUT2D eigenvalue weighted by molar-refractivity contribution is -0.135. The van der Waals surface area contributed by atoms with Gasteiger partial charge in [0.25, 0.3) is 0 Å². The number of halogens is 3. The van der Waals surface area contributed by atoms with Crippen LogP contribution in [0.4, 0.5) is 19.0 Å². The molecule has 0 atom stereocenters. The van der Waals surface area contributed by atoms with Crippen molar-refractivity contribution in [1.82, 2.24) is 9.97 Å². The first kappa shape index (κ1) is 13.6. The van der Waals surface area contributed by atoms with E-state index in [-0.39, 0.29) is 6.42 Å². The number of rotatable bonds is 5. The zero-order valence-corrected chi connectivity index (χ0v) is 10.2. The molecule has 1 heterocycles. The summed E-state index contributed by atoms with van der Waals surface area (Å²) >= 11 is 0. The number of unbranched alkanes of at least 4 members (excludes halogenated alkanes) is 1. The van der Waals surface area contributed by atoms with E-state index in [1.54, 1.807) is 0 Å². The van der Waals surface area contributed by atoms with Crippen molar-refractivity contribution < 1.29 is 13.2 Å². The summed E-state index contributed by atoms with van der Waals surface area (Å²) < 4.78 is 35.9. The summed E-state index contributed by atoms with van der Waals surface area (Å²) in [4.78, 5) is 8.23. The summed E-state index contributed by atoms with van der Waals surface area (Å²) in [7, 11) is 0. The molecule has 0 spiro atoms. The summed E-state index contributed by atoms with van der Waals surface area (Å²) in [6, 6.07) is 7.50. The van der Waals surface area contributed by atoms with Gasteiger partial charge in [-0.15, -0.1) is 0 Å². The average molecular weight is 269 g/mol. The van der Waals surface area contributed by atoms with E-state index in [9.17, 15) is 13.2 Å². The highest BCUT2D eigenvalue weighted by Gasteiger charge is 2.25. The molecule has 3 nitrogen and oxygen atoms in total. The molecule has 0 aliphatic carbocycles. The SMILES string of the molecule is FC(F)(F)CCCCNc1ncnc2ccccc12. The van der Waals surface area contributed by atoms with Crippen LogP contribution in [-0.2, 0) is 0 Å². The van der Waals surface area contributed by atoms with E-state index in [2.05, 4.69) is 15.3 Å². The minimum Gasteiger partial charge on any atom is -0.369 e. The van der Waals surface area contributed by atoms with Gasteiger partial charge >= 0.3 is 6.18 Å². The molecule has 2 rings (SSSR count). The van der Waals surface area contributed by atoms with Gasteiger partial charge in [-0.3, -0.25) is 0 Å². The Hall–Kier alpha value is -1.85. The van der Waals surface area contributed by atoms with Crippen molar-refractivity contribution in [3.05, 3.63) is 30.6 Å². The fourth-order valence-corrected chi connectivity index (χ4v) is 1.80. The average Bonchev–Trinajstić information content (AvgIpc) is 2.37. The van der Waals surface area contributed by atoms with Crippen molar-refractivity contribution in [2.45, 2.75) is 25.4 Å². The highest BCUT2D eigenvalue weighted by atomic mass is 19.4. The Kier molecular flexibility index (Phi) is 4.19. The van der Waals surface area contributed by atoms with Crippen molar-refractivity contribution in [2.24, 2.45) is 0 Å². The van der Waals surface area contributed by atoms with Crippen molar-refractivity contribution in [3.63, 3.8) is 0 Å². The fourth-order valence-electron chi connectivity index (χ4n) is 1.80. The van der Waals surface area contributed by atoms with Gasteiger partial charge in [-0.2, -0.15) is 13.2 Å². The molecule has 6 heteroatoms. The summed E-state index contributed by atoms with van der Waals surface area (Å²) in [5.41, 5.74) is 0.815. The van der Waals surface area contributed by atoms with Crippen molar-refractivity contribution in [3.8, 4) is 0 Å². The predicted octanol–water partition coefficient (Wildman–Crippen LogP) is 3.77. The van der Waals surface area contributed by atoms with Gasteiger partial charge in [-0.25, -0.2) is 9.97 Å². The van der Waals surface area contributed by atoms with Crippen LogP contribution in [0.2, 0.25) is 0 Å². The lowest BCUT2D eigenvalue weighted by atomic mass is 10.2. The number of benzene rings is 1. The van der Waals surface area contributed by atoms with E-state index in [1.807, 2.05) is 24.3 Å². The third-order valence-corrected chi connectivity index (χ3v) is 2.72. The van der Waals surface area contributed by atoms with Gasteiger partial charge in [-0.1, -0.05) is 12.1 Å². The number of hydrogen-bond acceptors (Lipinski definition) is 3. The maximum Gasteiger partial charge on any atom is 0.389 e. The molecular formula is C13H14F3N3. The second-order valence-corrected chi connectivity index (χ2v) is 4.24. The fraction of sp³-hybridized carbons (Fsp3) is 0.385. The van der Waals surface area contributed by atoms with Crippen LogP contribution in [0.5, 0.6) is 0 Å². The topological polar surface area (TPSA) is 37.8 Å². The quantitative estimate of drug-likeness (QED) is 0.839. The van der Waals surface area contributed by atoms with Crippen molar-refractivity contribution >= 4 is 16.7 Å². The Morgan fingerprint density at radius 1 is 1.05 bits per heavy atom. The summed E-state index contributed by atoms with van der Waals surface area (Å²) in [6.07, 6.45) is -2.78. The van der Waals surface area contributed by atoms with E-state index in [1.165, 1.54) is 6.33 Å². The van der Waals surface area contributed by atoms with E-state index in [0.29, 0.717) is 18.8 Å². The molecular weight excluding hydrogens is 255 g/mol. The number of fused-ring (bicyclic) bond motifs is 1. The summed E-state index contributed by atoms with van der Waals surface area (Å²) in [5, 5.41) is 3.93. The van der Waals surface area contributed by atoms with Crippen molar-refractivity contribution in [1.29, 1.82) is 0 Å². The molecule has 19 heavy (non-hydrogen) atoms. The molecule has 0 aliphatic rings. The largest absolute Gasteiger partial charge is 0.389 e. The third-order valence-electron chi connectivity index (χ3n) is 2.72. The van der Waals surface area contributed by atoms with E-state index in [4.69, 9.17) is 0 Å². The number of para-hydroxylation sites is 1. The molecule has 0 radical (unpaired) electrons. The van der Waals surface area contributed by atoms with Gasteiger partial charge in [0.15, 0.2) is 0 Å². The molecule has 1 aromatic carbocycles. The van der Waals surface area contributed by atoms with E-state index >= 15 is 0 Å². The van der Waals surface area contributed by atoms with Crippen LogP contribution in [0, 0.1) is 0 Å². The number of aromatic nitrogens is 2. The highest BCUT2D eigenvalue weighted by molar-refractivity contribution is 5.88. The lowest BCUT2D eigenvalue weighted by Crippen LogP contribution is -2.09. The molecule has 0 unspecified atom stereocenters. The molecule has 0 amide bonds. The Morgan fingerprint density at radius 2 is 1.84 bits per heavy atom. The third kappa shape index (κ3) is 4.08. The van der Waals surface area contributed by atoms with Crippen LogP contribution in [-0.4, -0.2) is 22.7 Å². The number of anilines is 1. The first-order valence-corrected chi connectivity index (χ1v) is 6.07. The standard InChI is InChI=1S/C13H14F3N3/c14-13(15,16)7-3-4-8-17-12-10-5-1-2-6-11(10)18-9-19-12/h1-2,5-6,9H,3-4,7-8H2,(H,17,18,19). The Balaban J connectivity index is 1.88. The molecule has 1 N–H and O–H groups in total. The van der Waals surface area contributed by atoms with Crippen LogP contribution < -0.4 is 5.32 Å². The maximum atomic E-state index is 12.0. The van der Waals surface area contributed by atoms with Crippen LogP contribution in [0.25, 0.3) is 10.9 Å². The van der Waals surface area contributed by atoms with E-state index in [0.717, 1.165) is 10.9 Å². The molecule has 0 saturated heterocycles. The highest BCUT2D eigenvalue weighted by Crippen LogP contribution is 2.22. The number of alkyl halides is 3. The van der Waals surface area contributed by atoms with Crippen molar-refractivity contribution in [2.75, 3.05) is 11.9 Å². The normalized spacial score (nSPS) is 11.7. The zero-order chi connectivity index (χ0) is 13.7. The predicted molar refractivity (Wildman–Crippen MR) is 67.9 cm³/mol. The van der Waals surface area contributed by atoms with Gasteiger partial charge < -0.3 is 5.32 Å². The van der Waals surface area contributed by atoms with Crippen LogP contribution in [0.3, 0.4) is 0 Å². The van der Waals surface area contributed by atoms with Gasteiger partial charge in [0.05, 0.1) is 5.52 Å². The second-order valence-electron chi connectivity index (χ2n) is 4.24. The van der Waals surface area contributed by atoms with Gasteiger partial charge in [0.2, 0.25) is 0 Å². The first-order chi connectivity index (χ1) is 9.06. The smallest absolute Gasteiger partial charge is 0.369 e. The molecule has 0 fully saturated rings. The summed E-state index contributed by atoms with van der Waals surface area (Å²) in [6.45, 7) is 0.469. The zero-order valence-electron chi connectivity index (χ0n) is 10.2. The number of nitrogens with zero attached hydrogens (tertiary/aromatic N) is 2.